The van der Waals surface area contributed by atoms with Crippen molar-refractivity contribution >= 4 is 17.2 Å². The summed E-state index contributed by atoms with van der Waals surface area (Å²) in [6.45, 7) is 4.09. The van der Waals surface area contributed by atoms with Crippen LogP contribution in [0.5, 0.6) is 0 Å². The van der Waals surface area contributed by atoms with Gasteiger partial charge in [0.2, 0.25) is 0 Å². The first-order valence-electron chi connectivity index (χ1n) is 7.78. The third-order valence-electron chi connectivity index (χ3n) is 3.96. The van der Waals surface area contributed by atoms with Crippen molar-refractivity contribution < 1.29 is 8.81 Å². The molecule has 25 heavy (non-hydrogen) atoms. The van der Waals surface area contributed by atoms with Gasteiger partial charge in [-0.3, -0.25) is 4.40 Å². The van der Waals surface area contributed by atoms with Crippen LogP contribution in [0.1, 0.15) is 25.6 Å². The maximum atomic E-state index is 14.2. The highest BCUT2D eigenvalue weighted by Crippen LogP contribution is 2.34. The minimum Gasteiger partial charge on any atom is -0.443 e. The molecular formula is C18H14ClFN4O. The fraction of sp³-hybridized carbons (Fsp3) is 0.167. The fourth-order valence-electron chi connectivity index (χ4n) is 2.76. The summed E-state index contributed by atoms with van der Waals surface area (Å²) in [4.78, 5) is 4.18. The largest absolute Gasteiger partial charge is 0.443 e. The zero-order valence-electron chi connectivity index (χ0n) is 13.6. The maximum absolute atomic E-state index is 14.2. The average Bonchev–Trinajstić information content (AvgIpc) is 3.22. The molecule has 0 atom stereocenters. The minimum atomic E-state index is -0.409. The molecule has 0 spiro atoms. The van der Waals surface area contributed by atoms with E-state index in [4.69, 9.17) is 16.0 Å². The molecule has 3 aromatic heterocycles. The quantitative estimate of drug-likeness (QED) is 0.520. The summed E-state index contributed by atoms with van der Waals surface area (Å²) < 4.78 is 21.7. The molecule has 4 rings (SSSR count). The monoisotopic (exact) mass is 356 g/mol. The number of nitrogens with zero attached hydrogens (tertiary/aromatic N) is 4. The second kappa shape index (κ2) is 5.97. The smallest absolute Gasteiger partial charge is 0.182 e. The molecule has 0 aliphatic heterocycles. The molecule has 7 heteroatoms. The van der Waals surface area contributed by atoms with Gasteiger partial charge in [0, 0.05) is 28.3 Å². The van der Waals surface area contributed by atoms with Crippen LogP contribution in [0, 0.1) is 5.82 Å². The first-order valence-corrected chi connectivity index (χ1v) is 8.16. The second-order valence-electron chi connectivity index (χ2n) is 6.01. The van der Waals surface area contributed by atoms with Gasteiger partial charge in [0.05, 0.1) is 0 Å². The second-order valence-corrected chi connectivity index (χ2v) is 6.45. The molecule has 0 aliphatic carbocycles. The Labute approximate surface area is 148 Å². The summed E-state index contributed by atoms with van der Waals surface area (Å²) >= 11 is 6.01. The number of fused-ring (bicyclic) bond motifs is 1. The number of rotatable bonds is 3. The molecule has 0 radical (unpaired) electrons. The Kier molecular flexibility index (Phi) is 3.77. The summed E-state index contributed by atoms with van der Waals surface area (Å²) in [5, 5.41) is 8.80. The Bertz CT molecular complexity index is 1070. The van der Waals surface area contributed by atoms with Crippen LogP contribution in [0.3, 0.4) is 0 Å². The summed E-state index contributed by atoms with van der Waals surface area (Å²) in [6.07, 6.45) is 3.17. The Balaban J connectivity index is 1.89. The van der Waals surface area contributed by atoms with Crippen LogP contribution in [-0.4, -0.2) is 19.6 Å². The van der Waals surface area contributed by atoms with E-state index in [0.29, 0.717) is 22.0 Å². The zero-order chi connectivity index (χ0) is 17.6. The molecule has 0 amide bonds. The van der Waals surface area contributed by atoms with Gasteiger partial charge in [0.25, 0.3) is 0 Å². The molecule has 5 nitrogen and oxygen atoms in total. The van der Waals surface area contributed by atoms with Crippen LogP contribution in [0.2, 0.25) is 5.02 Å². The summed E-state index contributed by atoms with van der Waals surface area (Å²) in [6, 6.07) is 8.04. The van der Waals surface area contributed by atoms with Crippen LogP contribution >= 0.6 is 11.6 Å². The summed E-state index contributed by atoms with van der Waals surface area (Å²) in [5.41, 5.74) is 2.19. The lowest BCUT2D eigenvalue weighted by molar-refractivity contribution is 0.571. The van der Waals surface area contributed by atoms with Gasteiger partial charge in [-0.1, -0.05) is 25.4 Å². The van der Waals surface area contributed by atoms with E-state index in [0.717, 1.165) is 17.0 Å². The van der Waals surface area contributed by atoms with E-state index in [9.17, 15) is 4.39 Å². The summed E-state index contributed by atoms with van der Waals surface area (Å²) in [7, 11) is 0. The van der Waals surface area contributed by atoms with Crippen molar-refractivity contribution in [2.45, 2.75) is 19.8 Å². The third-order valence-corrected chi connectivity index (χ3v) is 4.19. The number of oxazole rings is 1. The van der Waals surface area contributed by atoms with E-state index in [-0.39, 0.29) is 5.92 Å². The van der Waals surface area contributed by atoms with Gasteiger partial charge in [-0.05, 0) is 30.3 Å². The molecule has 0 saturated heterocycles. The molecule has 0 N–H and O–H groups in total. The summed E-state index contributed by atoms with van der Waals surface area (Å²) in [5.74, 6) is 1.11. The number of aromatic nitrogens is 4. The normalized spacial score (nSPS) is 11.6. The predicted octanol–water partition coefficient (Wildman–Crippen LogP) is 4.97. The first-order chi connectivity index (χ1) is 12.0. The molecule has 4 aromatic rings. The van der Waals surface area contributed by atoms with Gasteiger partial charge in [-0.2, -0.15) is 0 Å². The van der Waals surface area contributed by atoms with Gasteiger partial charge in [0.1, 0.15) is 17.3 Å². The Morgan fingerprint density at radius 2 is 2.00 bits per heavy atom. The Hall–Kier alpha value is -2.73. The third kappa shape index (κ3) is 2.68. The van der Waals surface area contributed by atoms with Crippen molar-refractivity contribution in [3.8, 4) is 22.6 Å². The van der Waals surface area contributed by atoms with Gasteiger partial charge >= 0.3 is 0 Å². The standard InChI is InChI=1S/C18H14ClFN4O/c1-10(2)18-23-22-15-6-3-11(8-24(15)18)17-16(21-9-25-17)13-7-12(19)4-5-14(13)20/h3-10H,1-2H3. The number of pyridine rings is 1. The molecule has 1 aromatic carbocycles. The van der Waals surface area contributed by atoms with E-state index in [1.807, 2.05) is 36.6 Å². The molecule has 126 valence electrons. The van der Waals surface area contributed by atoms with Crippen molar-refractivity contribution in [2.75, 3.05) is 0 Å². The fourth-order valence-corrected chi connectivity index (χ4v) is 2.93. The maximum Gasteiger partial charge on any atom is 0.182 e. The van der Waals surface area contributed by atoms with Crippen molar-refractivity contribution in [1.82, 2.24) is 19.6 Å². The molecular weight excluding hydrogens is 343 g/mol. The zero-order valence-corrected chi connectivity index (χ0v) is 14.3. The lowest BCUT2D eigenvalue weighted by Crippen LogP contribution is -1.97. The van der Waals surface area contributed by atoms with Gasteiger partial charge in [-0.25, -0.2) is 9.37 Å². The highest BCUT2D eigenvalue weighted by atomic mass is 35.5. The highest BCUT2D eigenvalue weighted by Gasteiger charge is 2.18. The molecule has 0 unspecified atom stereocenters. The van der Waals surface area contributed by atoms with Crippen LogP contribution in [0.15, 0.2) is 47.3 Å². The van der Waals surface area contributed by atoms with E-state index >= 15 is 0 Å². The van der Waals surface area contributed by atoms with E-state index in [1.54, 1.807) is 0 Å². The van der Waals surface area contributed by atoms with Crippen molar-refractivity contribution in [3.63, 3.8) is 0 Å². The Morgan fingerprint density at radius 1 is 1.16 bits per heavy atom. The number of hydrogen-bond donors (Lipinski definition) is 0. The average molecular weight is 357 g/mol. The van der Waals surface area contributed by atoms with Gasteiger partial charge in [-0.15, -0.1) is 10.2 Å². The van der Waals surface area contributed by atoms with E-state index in [1.165, 1.54) is 24.6 Å². The number of hydrogen-bond acceptors (Lipinski definition) is 4. The van der Waals surface area contributed by atoms with Crippen LogP contribution < -0.4 is 0 Å². The van der Waals surface area contributed by atoms with E-state index < -0.39 is 5.82 Å². The van der Waals surface area contributed by atoms with Crippen molar-refractivity contribution in [3.05, 3.63) is 59.6 Å². The van der Waals surface area contributed by atoms with Gasteiger partial charge < -0.3 is 4.42 Å². The van der Waals surface area contributed by atoms with Crippen LogP contribution in [0.4, 0.5) is 4.39 Å². The van der Waals surface area contributed by atoms with Gasteiger partial charge in [0.15, 0.2) is 17.8 Å². The first kappa shape index (κ1) is 15.8. The van der Waals surface area contributed by atoms with Crippen molar-refractivity contribution in [1.29, 1.82) is 0 Å². The Morgan fingerprint density at radius 3 is 2.80 bits per heavy atom. The SMILES string of the molecule is CC(C)c1nnc2ccc(-c3ocnc3-c3cc(Cl)ccc3F)cn12. The molecule has 0 bridgehead atoms. The lowest BCUT2D eigenvalue weighted by Gasteiger charge is -2.06. The topological polar surface area (TPSA) is 56.2 Å². The van der Waals surface area contributed by atoms with E-state index in [2.05, 4.69) is 15.2 Å². The van der Waals surface area contributed by atoms with Crippen LogP contribution in [0.25, 0.3) is 28.2 Å². The predicted molar refractivity (Wildman–Crippen MR) is 93.0 cm³/mol. The highest BCUT2D eigenvalue weighted by molar-refractivity contribution is 6.30. The molecule has 3 heterocycles. The molecule has 0 saturated carbocycles. The lowest BCUT2D eigenvalue weighted by atomic mass is 10.1. The molecule has 0 fully saturated rings. The number of benzene rings is 1. The minimum absolute atomic E-state index is 0.213. The molecule has 0 aliphatic rings. The van der Waals surface area contributed by atoms with Crippen LogP contribution in [-0.2, 0) is 0 Å². The van der Waals surface area contributed by atoms with Crippen molar-refractivity contribution in [2.24, 2.45) is 0 Å². The number of halogens is 2.